The van der Waals surface area contributed by atoms with E-state index in [4.69, 9.17) is 0 Å². The third-order valence-corrected chi connectivity index (χ3v) is 7.88. The summed E-state index contributed by atoms with van der Waals surface area (Å²) in [5.41, 5.74) is 2.37. The van der Waals surface area contributed by atoms with Gasteiger partial charge in [0.25, 0.3) is 0 Å². The molecule has 1 aromatic carbocycles. The number of benzene rings is 1. The largest absolute Gasteiger partial charge is 0.345 e. The molecule has 6 heteroatoms. The summed E-state index contributed by atoms with van der Waals surface area (Å²) in [5, 5.41) is 0. The number of unbranched alkanes of at least 4 members (excludes halogenated alkanes) is 3. The summed E-state index contributed by atoms with van der Waals surface area (Å²) in [4.78, 5) is 30.7. The van der Waals surface area contributed by atoms with E-state index in [0.717, 1.165) is 55.2 Å². The Morgan fingerprint density at radius 1 is 1.00 bits per heavy atom. The number of hydrogen-bond acceptors (Lipinski definition) is 2. The molecule has 3 rings (SSSR count). The number of carbonyl (C=O) groups excluding carboxylic acids is 2. The summed E-state index contributed by atoms with van der Waals surface area (Å²) in [6.07, 6.45) is 12.6. The number of hydrogen-bond donors (Lipinski definition) is 0. The molecule has 2 aromatic rings. The molecule has 0 N–H and O–H groups in total. The Morgan fingerprint density at radius 2 is 1.72 bits per heavy atom. The van der Waals surface area contributed by atoms with Gasteiger partial charge in [0.1, 0.15) is 0 Å². The van der Waals surface area contributed by atoms with Gasteiger partial charge in [-0.25, -0.2) is 0 Å². The molecule has 1 aliphatic carbocycles. The molecule has 1 fully saturated rings. The first kappa shape index (κ1) is 28.5. The lowest BCUT2D eigenvalue weighted by molar-refractivity contribution is -0.144. The van der Waals surface area contributed by atoms with E-state index in [-0.39, 0.29) is 30.4 Å². The highest BCUT2D eigenvalue weighted by atomic mass is 79.9. The van der Waals surface area contributed by atoms with Crippen molar-refractivity contribution in [2.45, 2.75) is 110 Å². The van der Waals surface area contributed by atoms with E-state index < -0.39 is 0 Å². The maximum absolute atomic E-state index is 13.8. The van der Waals surface area contributed by atoms with Crippen LogP contribution in [0.25, 0.3) is 0 Å². The summed E-state index contributed by atoms with van der Waals surface area (Å²) in [7, 11) is 0. The van der Waals surface area contributed by atoms with Crippen LogP contribution in [0.15, 0.2) is 47.1 Å². The number of amides is 2. The second kappa shape index (κ2) is 14.6. The molecule has 0 radical (unpaired) electrons. The molecule has 198 valence electrons. The van der Waals surface area contributed by atoms with Crippen molar-refractivity contribution < 1.29 is 9.59 Å². The third-order valence-electron chi connectivity index (χ3n) is 7.35. The van der Waals surface area contributed by atoms with Crippen molar-refractivity contribution in [3.63, 3.8) is 0 Å². The molecule has 0 saturated heterocycles. The Bertz CT molecular complexity index is 947. The van der Waals surface area contributed by atoms with Crippen LogP contribution in [-0.2, 0) is 22.7 Å². The number of aromatic nitrogens is 1. The first-order valence-electron chi connectivity index (χ1n) is 13.9. The summed E-state index contributed by atoms with van der Waals surface area (Å²) < 4.78 is 3.31. The van der Waals surface area contributed by atoms with Crippen molar-refractivity contribution in [2.75, 3.05) is 6.54 Å². The van der Waals surface area contributed by atoms with E-state index in [0.29, 0.717) is 13.0 Å². The first-order valence-corrected chi connectivity index (χ1v) is 14.7. The molecule has 0 bridgehead atoms. The fourth-order valence-electron chi connectivity index (χ4n) is 5.16. The fourth-order valence-corrected chi connectivity index (χ4v) is 5.43. The zero-order valence-corrected chi connectivity index (χ0v) is 24.0. The van der Waals surface area contributed by atoms with Gasteiger partial charge in [0, 0.05) is 41.4 Å². The molecule has 1 aromatic heterocycles. The molecule has 1 heterocycles. The van der Waals surface area contributed by atoms with Crippen LogP contribution in [0.3, 0.4) is 0 Å². The van der Waals surface area contributed by atoms with Gasteiger partial charge in [-0.3, -0.25) is 9.59 Å². The molecule has 0 spiro atoms. The minimum Gasteiger partial charge on any atom is -0.345 e. The molecule has 0 unspecified atom stereocenters. The second-order valence-electron chi connectivity index (χ2n) is 10.5. The van der Waals surface area contributed by atoms with E-state index in [1.165, 1.54) is 24.8 Å². The Balaban J connectivity index is 1.73. The van der Waals surface area contributed by atoms with Crippen LogP contribution in [-0.4, -0.2) is 44.8 Å². The van der Waals surface area contributed by atoms with Crippen molar-refractivity contribution >= 4 is 27.7 Å². The average molecular weight is 559 g/mol. The van der Waals surface area contributed by atoms with Crippen LogP contribution in [0, 0.1) is 0 Å². The molecular formula is C30H44BrN3O2. The van der Waals surface area contributed by atoms with Crippen LogP contribution < -0.4 is 0 Å². The Labute approximate surface area is 226 Å². The second-order valence-corrected chi connectivity index (χ2v) is 11.4. The Kier molecular flexibility index (Phi) is 11.6. The van der Waals surface area contributed by atoms with E-state index in [9.17, 15) is 9.59 Å². The van der Waals surface area contributed by atoms with Gasteiger partial charge in [-0.05, 0) is 62.9 Å². The number of halogens is 1. The molecule has 2 amide bonds. The van der Waals surface area contributed by atoms with E-state index in [2.05, 4.69) is 74.9 Å². The summed E-state index contributed by atoms with van der Waals surface area (Å²) in [6.45, 7) is 7.75. The van der Waals surface area contributed by atoms with Crippen LogP contribution in [0.2, 0.25) is 0 Å². The predicted octanol–water partition coefficient (Wildman–Crippen LogP) is 7.17. The number of rotatable bonds is 13. The van der Waals surface area contributed by atoms with Crippen LogP contribution in [0.5, 0.6) is 0 Å². The zero-order chi connectivity index (χ0) is 25.9. The molecular weight excluding hydrogens is 514 g/mol. The Hall–Kier alpha value is -2.08. The van der Waals surface area contributed by atoms with Gasteiger partial charge in [0.05, 0.1) is 13.1 Å². The van der Waals surface area contributed by atoms with Crippen molar-refractivity contribution in [3.05, 3.63) is 58.3 Å². The van der Waals surface area contributed by atoms with E-state index in [1.54, 1.807) is 4.90 Å². The standard InChI is InChI=1S/C30H44BrN3O2/c1-4-5-6-10-15-29(35)33(24(2)3)23-30(36)34(27-12-8-7-9-13-27)22-28-14-11-20-32(28)21-25-16-18-26(31)19-17-25/h11,14,16-20,24,27H,4-10,12-13,15,21-23H2,1-3H3. The van der Waals surface area contributed by atoms with Gasteiger partial charge in [-0.2, -0.15) is 0 Å². The summed E-state index contributed by atoms with van der Waals surface area (Å²) in [6, 6.07) is 12.8. The van der Waals surface area contributed by atoms with Crippen molar-refractivity contribution in [3.8, 4) is 0 Å². The highest BCUT2D eigenvalue weighted by molar-refractivity contribution is 9.10. The molecule has 1 saturated carbocycles. The third kappa shape index (κ3) is 8.50. The minimum atomic E-state index is 0.0158. The lowest BCUT2D eigenvalue weighted by atomic mass is 9.94. The lowest BCUT2D eigenvalue weighted by Gasteiger charge is -2.37. The first-order chi connectivity index (χ1) is 17.4. The Morgan fingerprint density at radius 3 is 2.39 bits per heavy atom. The van der Waals surface area contributed by atoms with E-state index in [1.807, 2.05) is 13.8 Å². The van der Waals surface area contributed by atoms with Gasteiger partial charge in [-0.1, -0.05) is 73.5 Å². The number of nitrogens with zero attached hydrogens (tertiary/aromatic N) is 3. The maximum Gasteiger partial charge on any atom is 0.242 e. The normalized spacial score (nSPS) is 14.2. The molecule has 36 heavy (non-hydrogen) atoms. The average Bonchev–Trinajstić information content (AvgIpc) is 3.31. The molecule has 5 nitrogen and oxygen atoms in total. The number of carbonyl (C=O) groups is 2. The zero-order valence-electron chi connectivity index (χ0n) is 22.4. The monoisotopic (exact) mass is 557 g/mol. The highest BCUT2D eigenvalue weighted by Gasteiger charge is 2.29. The summed E-state index contributed by atoms with van der Waals surface area (Å²) >= 11 is 3.51. The SMILES string of the molecule is CCCCCCC(=O)N(CC(=O)N(Cc1cccn1Cc1ccc(Br)cc1)C1CCCCC1)C(C)C. The van der Waals surface area contributed by atoms with E-state index >= 15 is 0 Å². The van der Waals surface area contributed by atoms with Crippen molar-refractivity contribution in [2.24, 2.45) is 0 Å². The van der Waals surface area contributed by atoms with Crippen molar-refractivity contribution in [1.82, 2.24) is 14.4 Å². The maximum atomic E-state index is 13.8. The minimum absolute atomic E-state index is 0.0158. The van der Waals surface area contributed by atoms with Gasteiger partial charge in [0.15, 0.2) is 0 Å². The van der Waals surface area contributed by atoms with Gasteiger partial charge >= 0.3 is 0 Å². The quantitative estimate of drug-likeness (QED) is 0.245. The van der Waals surface area contributed by atoms with Crippen LogP contribution in [0.4, 0.5) is 0 Å². The molecule has 0 atom stereocenters. The van der Waals surface area contributed by atoms with Crippen LogP contribution >= 0.6 is 15.9 Å². The topological polar surface area (TPSA) is 45.6 Å². The van der Waals surface area contributed by atoms with Crippen LogP contribution in [0.1, 0.15) is 96.2 Å². The highest BCUT2D eigenvalue weighted by Crippen LogP contribution is 2.25. The molecule has 0 aliphatic heterocycles. The molecule has 1 aliphatic rings. The predicted molar refractivity (Wildman–Crippen MR) is 151 cm³/mol. The fraction of sp³-hybridized carbons (Fsp3) is 0.600. The van der Waals surface area contributed by atoms with Gasteiger partial charge in [0.2, 0.25) is 11.8 Å². The smallest absolute Gasteiger partial charge is 0.242 e. The summed E-state index contributed by atoms with van der Waals surface area (Å²) in [5.74, 6) is 0.186. The van der Waals surface area contributed by atoms with Gasteiger partial charge in [-0.15, -0.1) is 0 Å². The lowest BCUT2D eigenvalue weighted by Crippen LogP contribution is -2.49. The van der Waals surface area contributed by atoms with Gasteiger partial charge < -0.3 is 14.4 Å². The van der Waals surface area contributed by atoms with Crippen molar-refractivity contribution in [1.29, 1.82) is 0 Å².